The fourth-order valence-electron chi connectivity index (χ4n) is 3.61. The molecule has 1 heterocycles. The molecule has 160 valence electrons. The van der Waals surface area contributed by atoms with Crippen molar-refractivity contribution in [3.05, 3.63) is 53.6 Å². The molecule has 30 heavy (non-hydrogen) atoms. The van der Waals surface area contributed by atoms with Crippen LogP contribution in [0.1, 0.15) is 38.3 Å². The van der Waals surface area contributed by atoms with Gasteiger partial charge in [-0.15, -0.1) is 0 Å². The third-order valence-corrected chi connectivity index (χ3v) is 5.02. The van der Waals surface area contributed by atoms with Crippen molar-refractivity contribution in [3.8, 4) is 11.5 Å². The summed E-state index contributed by atoms with van der Waals surface area (Å²) in [5, 5.41) is 2.95. The number of rotatable bonds is 7. The van der Waals surface area contributed by atoms with Crippen LogP contribution in [0.5, 0.6) is 11.5 Å². The summed E-state index contributed by atoms with van der Waals surface area (Å²) in [5.74, 6) is 1.69. The monoisotopic (exact) mass is 410 g/mol. The van der Waals surface area contributed by atoms with Gasteiger partial charge in [-0.05, 0) is 48.2 Å². The lowest BCUT2D eigenvalue weighted by atomic mass is 10.1. The smallest absolute Gasteiger partial charge is 0.263 e. The summed E-state index contributed by atoms with van der Waals surface area (Å²) in [6.07, 6.45) is 0.394. The number of methoxy groups -OCH3 is 1. The Hall–Kier alpha value is -3.02. The topological polar surface area (TPSA) is 67.9 Å². The summed E-state index contributed by atoms with van der Waals surface area (Å²) in [6, 6.07) is 13.0. The van der Waals surface area contributed by atoms with E-state index in [1.807, 2.05) is 54.3 Å². The van der Waals surface area contributed by atoms with E-state index < -0.39 is 6.10 Å². The molecule has 0 bridgehead atoms. The van der Waals surface area contributed by atoms with Gasteiger partial charge in [0.05, 0.1) is 13.5 Å². The fourth-order valence-corrected chi connectivity index (χ4v) is 3.61. The van der Waals surface area contributed by atoms with E-state index >= 15 is 0 Å². The van der Waals surface area contributed by atoms with E-state index in [-0.39, 0.29) is 18.2 Å². The number of nitrogens with one attached hydrogen (secondary N) is 1. The molecule has 0 saturated heterocycles. The first-order chi connectivity index (χ1) is 14.4. The lowest BCUT2D eigenvalue weighted by Crippen LogP contribution is -2.41. The fraction of sp³-hybridized carbons (Fsp3) is 0.417. The SMILES string of the molecule is CCC1Oc2ccc(NC(=O)Cc3cccc(OC)c3)cc2CN(CC(C)C)C1=O. The maximum Gasteiger partial charge on any atom is 0.263 e. The Kier molecular flexibility index (Phi) is 6.98. The third kappa shape index (κ3) is 5.32. The first kappa shape index (κ1) is 21.7. The van der Waals surface area contributed by atoms with E-state index in [4.69, 9.17) is 9.47 Å². The molecule has 0 saturated carbocycles. The van der Waals surface area contributed by atoms with Crippen molar-refractivity contribution in [1.82, 2.24) is 4.90 Å². The quantitative estimate of drug-likeness (QED) is 0.748. The van der Waals surface area contributed by atoms with Gasteiger partial charge in [-0.25, -0.2) is 0 Å². The molecule has 3 rings (SSSR count). The van der Waals surface area contributed by atoms with Crippen LogP contribution >= 0.6 is 0 Å². The van der Waals surface area contributed by atoms with Gasteiger partial charge in [-0.3, -0.25) is 9.59 Å². The predicted octanol–water partition coefficient (Wildman–Crippen LogP) is 4.03. The van der Waals surface area contributed by atoms with Crippen molar-refractivity contribution in [1.29, 1.82) is 0 Å². The van der Waals surface area contributed by atoms with Gasteiger partial charge in [0.1, 0.15) is 11.5 Å². The van der Waals surface area contributed by atoms with Gasteiger partial charge in [0.2, 0.25) is 5.91 Å². The zero-order valence-corrected chi connectivity index (χ0v) is 18.1. The van der Waals surface area contributed by atoms with Crippen LogP contribution in [-0.2, 0) is 22.6 Å². The summed E-state index contributed by atoms with van der Waals surface area (Å²) in [4.78, 5) is 27.2. The van der Waals surface area contributed by atoms with Crippen LogP contribution in [0.25, 0.3) is 0 Å². The number of ether oxygens (including phenoxy) is 2. The molecule has 1 aliphatic heterocycles. The maximum atomic E-state index is 12.8. The van der Waals surface area contributed by atoms with Crippen LogP contribution < -0.4 is 14.8 Å². The van der Waals surface area contributed by atoms with Gasteiger partial charge in [0.15, 0.2) is 6.10 Å². The van der Waals surface area contributed by atoms with Crippen LogP contribution in [-0.4, -0.2) is 36.5 Å². The van der Waals surface area contributed by atoms with Crippen molar-refractivity contribution in [2.24, 2.45) is 5.92 Å². The predicted molar refractivity (Wildman–Crippen MR) is 117 cm³/mol. The maximum absolute atomic E-state index is 12.8. The Balaban J connectivity index is 1.76. The van der Waals surface area contributed by atoms with Crippen molar-refractivity contribution in [2.75, 3.05) is 19.0 Å². The molecule has 1 unspecified atom stereocenters. The summed E-state index contributed by atoms with van der Waals surface area (Å²) < 4.78 is 11.2. The molecule has 1 N–H and O–H groups in total. The largest absolute Gasteiger partial charge is 0.497 e. The highest BCUT2D eigenvalue weighted by molar-refractivity contribution is 5.92. The lowest BCUT2D eigenvalue weighted by molar-refractivity contribution is -0.139. The number of fused-ring (bicyclic) bond motifs is 1. The minimum absolute atomic E-state index is 0.0195. The van der Waals surface area contributed by atoms with E-state index in [1.165, 1.54) is 0 Å². The number of hydrogen-bond acceptors (Lipinski definition) is 4. The number of amides is 2. The van der Waals surface area contributed by atoms with E-state index in [9.17, 15) is 9.59 Å². The highest BCUT2D eigenvalue weighted by Gasteiger charge is 2.30. The zero-order valence-electron chi connectivity index (χ0n) is 18.1. The highest BCUT2D eigenvalue weighted by Crippen LogP contribution is 2.30. The van der Waals surface area contributed by atoms with Gasteiger partial charge in [0, 0.05) is 24.3 Å². The summed E-state index contributed by atoms with van der Waals surface area (Å²) in [7, 11) is 1.60. The van der Waals surface area contributed by atoms with Crippen molar-refractivity contribution < 1.29 is 19.1 Å². The molecule has 0 spiro atoms. The van der Waals surface area contributed by atoms with Gasteiger partial charge in [-0.2, -0.15) is 0 Å². The second-order valence-corrected chi connectivity index (χ2v) is 8.03. The van der Waals surface area contributed by atoms with Crippen LogP contribution in [0.4, 0.5) is 5.69 Å². The first-order valence-corrected chi connectivity index (χ1v) is 10.4. The van der Waals surface area contributed by atoms with Gasteiger partial charge in [0.25, 0.3) is 5.91 Å². The minimum atomic E-state index is -0.474. The normalized spacial score (nSPS) is 16.0. The van der Waals surface area contributed by atoms with Crippen molar-refractivity contribution in [3.63, 3.8) is 0 Å². The van der Waals surface area contributed by atoms with E-state index in [1.54, 1.807) is 7.11 Å². The number of hydrogen-bond donors (Lipinski definition) is 1. The molecule has 6 heteroatoms. The van der Waals surface area contributed by atoms with Crippen molar-refractivity contribution >= 4 is 17.5 Å². The number of carbonyl (C=O) groups excluding carboxylic acids is 2. The average molecular weight is 411 g/mol. The van der Waals surface area contributed by atoms with Gasteiger partial charge >= 0.3 is 0 Å². The van der Waals surface area contributed by atoms with Gasteiger partial charge in [-0.1, -0.05) is 32.9 Å². The molecule has 1 atom stereocenters. The Morgan fingerprint density at radius 3 is 2.77 bits per heavy atom. The van der Waals surface area contributed by atoms with Gasteiger partial charge < -0.3 is 19.7 Å². The average Bonchev–Trinajstić information content (AvgIpc) is 2.84. The Labute approximate surface area is 178 Å². The highest BCUT2D eigenvalue weighted by atomic mass is 16.5. The molecule has 2 amide bonds. The second-order valence-electron chi connectivity index (χ2n) is 8.03. The standard InChI is InChI=1S/C24H30N2O4/c1-5-21-24(28)26(14-16(2)3)15-18-13-19(9-10-22(18)30-21)25-23(27)12-17-7-6-8-20(11-17)29-4/h6-11,13,16,21H,5,12,14-15H2,1-4H3,(H,25,27). The molecular weight excluding hydrogens is 380 g/mol. The Morgan fingerprint density at radius 1 is 1.27 bits per heavy atom. The molecule has 0 aromatic heterocycles. The van der Waals surface area contributed by atoms with Crippen LogP contribution in [0, 0.1) is 5.92 Å². The minimum Gasteiger partial charge on any atom is -0.497 e. The summed E-state index contributed by atoms with van der Waals surface area (Å²) in [6.45, 7) is 7.29. The van der Waals surface area contributed by atoms with Crippen LogP contribution in [0.15, 0.2) is 42.5 Å². The number of nitrogens with zero attached hydrogens (tertiary/aromatic N) is 1. The molecule has 6 nitrogen and oxygen atoms in total. The lowest BCUT2D eigenvalue weighted by Gasteiger charge is -2.24. The van der Waals surface area contributed by atoms with Crippen molar-refractivity contribution in [2.45, 2.75) is 46.3 Å². The van der Waals surface area contributed by atoms with Crippen LogP contribution in [0.3, 0.4) is 0 Å². The zero-order chi connectivity index (χ0) is 21.7. The number of anilines is 1. The molecule has 2 aromatic rings. The Bertz CT molecular complexity index is 910. The molecule has 0 radical (unpaired) electrons. The molecule has 1 aliphatic rings. The third-order valence-electron chi connectivity index (χ3n) is 5.02. The summed E-state index contributed by atoms with van der Waals surface area (Å²) in [5.41, 5.74) is 2.47. The van der Waals surface area contributed by atoms with E-state index in [2.05, 4.69) is 19.2 Å². The molecule has 2 aromatic carbocycles. The first-order valence-electron chi connectivity index (χ1n) is 10.4. The second kappa shape index (κ2) is 9.65. The molecule has 0 aliphatic carbocycles. The van der Waals surface area contributed by atoms with E-state index in [0.29, 0.717) is 36.9 Å². The number of benzene rings is 2. The Morgan fingerprint density at radius 2 is 2.07 bits per heavy atom. The molecule has 0 fully saturated rings. The van der Waals surface area contributed by atoms with Crippen LogP contribution in [0.2, 0.25) is 0 Å². The summed E-state index contributed by atoms with van der Waals surface area (Å²) >= 11 is 0. The molecular formula is C24H30N2O4. The van der Waals surface area contributed by atoms with E-state index in [0.717, 1.165) is 16.9 Å². The number of carbonyl (C=O) groups is 2.